The molecule has 0 amide bonds. The summed E-state index contributed by atoms with van der Waals surface area (Å²) in [5.74, 6) is 0. The van der Waals surface area contributed by atoms with E-state index in [0.29, 0.717) is 0 Å². The van der Waals surface area contributed by atoms with Crippen LogP contribution in [0.3, 0.4) is 0 Å². The Hall–Kier alpha value is -1.38. The standard InChI is InChI=1S/C16H16SSi/c1-18(2,13-8-4-3-5-9-13)16-12-17-15-11-7-6-10-14(15)16/h3-12H,1-2H3. The molecule has 18 heavy (non-hydrogen) atoms. The van der Waals surface area contributed by atoms with Gasteiger partial charge in [-0.1, -0.05) is 66.8 Å². The molecule has 3 rings (SSSR count). The van der Waals surface area contributed by atoms with E-state index in [2.05, 4.69) is 73.1 Å². The smallest absolute Gasteiger partial charge is 0.114 e. The van der Waals surface area contributed by atoms with Crippen molar-refractivity contribution >= 4 is 39.9 Å². The van der Waals surface area contributed by atoms with Gasteiger partial charge in [0, 0.05) is 4.70 Å². The molecule has 0 N–H and O–H groups in total. The topological polar surface area (TPSA) is 0 Å². The molecule has 0 aliphatic carbocycles. The second kappa shape index (κ2) is 4.37. The van der Waals surface area contributed by atoms with Gasteiger partial charge in [0.25, 0.3) is 0 Å². The van der Waals surface area contributed by atoms with E-state index in [4.69, 9.17) is 0 Å². The molecule has 0 fully saturated rings. The summed E-state index contributed by atoms with van der Waals surface area (Å²) >= 11 is 1.87. The zero-order valence-electron chi connectivity index (χ0n) is 10.7. The van der Waals surface area contributed by atoms with Crippen LogP contribution in [0.25, 0.3) is 10.1 Å². The summed E-state index contributed by atoms with van der Waals surface area (Å²) in [6.07, 6.45) is 0. The lowest BCUT2D eigenvalue weighted by molar-refractivity contribution is 1.71. The maximum Gasteiger partial charge on any atom is 0.114 e. The van der Waals surface area contributed by atoms with Crippen molar-refractivity contribution in [3.63, 3.8) is 0 Å². The van der Waals surface area contributed by atoms with Crippen molar-refractivity contribution in [1.82, 2.24) is 0 Å². The summed E-state index contributed by atoms with van der Waals surface area (Å²) in [7, 11) is -1.56. The van der Waals surface area contributed by atoms with E-state index in [1.54, 1.807) is 5.19 Å². The Morgan fingerprint density at radius 3 is 2.28 bits per heavy atom. The van der Waals surface area contributed by atoms with Gasteiger partial charge in [-0.25, -0.2) is 0 Å². The fourth-order valence-electron chi connectivity index (χ4n) is 2.47. The SMILES string of the molecule is C[Si](C)(c1ccccc1)c1csc2ccccc12. The number of rotatable bonds is 2. The molecule has 0 bridgehead atoms. The molecule has 0 unspecified atom stereocenters. The minimum absolute atomic E-state index is 1.41. The molecule has 2 aromatic carbocycles. The van der Waals surface area contributed by atoms with E-state index in [0.717, 1.165) is 0 Å². The number of fused-ring (bicyclic) bond motifs is 1. The molecule has 90 valence electrons. The summed E-state index contributed by atoms with van der Waals surface area (Å²) in [5, 5.41) is 6.88. The average Bonchev–Trinajstić information content (AvgIpc) is 2.84. The molecule has 2 heteroatoms. The molecule has 0 spiro atoms. The second-order valence-corrected chi connectivity index (χ2v) is 10.4. The van der Waals surface area contributed by atoms with Gasteiger partial charge in [0.05, 0.1) is 0 Å². The van der Waals surface area contributed by atoms with E-state index in [-0.39, 0.29) is 0 Å². The lowest BCUT2D eigenvalue weighted by Gasteiger charge is -2.22. The van der Waals surface area contributed by atoms with Crippen LogP contribution >= 0.6 is 11.3 Å². The predicted octanol–water partition coefficient (Wildman–Crippen LogP) is 3.72. The largest absolute Gasteiger partial charge is 0.144 e. The van der Waals surface area contributed by atoms with Crippen LogP contribution in [0.15, 0.2) is 60.0 Å². The van der Waals surface area contributed by atoms with Gasteiger partial charge in [-0.05, 0) is 22.0 Å². The normalized spacial score (nSPS) is 11.9. The van der Waals surface area contributed by atoms with Crippen molar-refractivity contribution in [3.05, 3.63) is 60.0 Å². The first-order valence-corrected chi connectivity index (χ1v) is 10.1. The highest BCUT2D eigenvalue weighted by Gasteiger charge is 2.28. The van der Waals surface area contributed by atoms with Crippen LogP contribution in [-0.2, 0) is 0 Å². The third kappa shape index (κ3) is 1.82. The van der Waals surface area contributed by atoms with Crippen LogP contribution in [0.2, 0.25) is 13.1 Å². The predicted molar refractivity (Wildman–Crippen MR) is 85.0 cm³/mol. The van der Waals surface area contributed by atoms with E-state index in [9.17, 15) is 0 Å². The Morgan fingerprint density at radius 1 is 0.833 bits per heavy atom. The summed E-state index contributed by atoms with van der Waals surface area (Å²) in [4.78, 5) is 0. The Bertz CT molecular complexity index is 668. The van der Waals surface area contributed by atoms with Gasteiger partial charge in [-0.3, -0.25) is 0 Å². The summed E-state index contributed by atoms with van der Waals surface area (Å²) in [5.41, 5.74) is 0. The molecule has 0 radical (unpaired) electrons. The lowest BCUT2D eigenvalue weighted by Crippen LogP contribution is -2.52. The highest BCUT2D eigenvalue weighted by atomic mass is 32.1. The van der Waals surface area contributed by atoms with Gasteiger partial charge in [-0.15, -0.1) is 11.3 Å². The molecule has 0 atom stereocenters. The maximum atomic E-state index is 2.44. The van der Waals surface area contributed by atoms with Crippen LogP contribution in [0.4, 0.5) is 0 Å². The van der Waals surface area contributed by atoms with Crippen LogP contribution in [-0.4, -0.2) is 8.07 Å². The fourth-order valence-corrected chi connectivity index (χ4v) is 6.98. The lowest BCUT2D eigenvalue weighted by atomic mass is 10.3. The minimum Gasteiger partial charge on any atom is -0.144 e. The van der Waals surface area contributed by atoms with Crippen molar-refractivity contribution in [1.29, 1.82) is 0 Å². The van der Waals surface area contributed by atoms with E-state index < -0.39 is 8.07 Å². The first-order valence-electron chi connectivity index (χ1n) is 6.22. The first-order chi connectivity index (χ1) is 8.69. The average molecular weight is 268 g/mol. The van der Waals surface area contributed by atoms with E-state index in [1.165, 1.54) is 15.3 Å². The zero-order chi connectivity index (χ0) is 12.6. The highest BCUT2D eigenvalue weighted by molar-refractivity contribution is 7.20. The maximum absolute atomic E-state index is 2.44. The summed E-state index contributed by atoms with van der Waals surface area (Å²) in [6.45, 7) is 4.88. The third-order valence-corrected chi connectivity index (χ3v) is 8.36. The van der Waals surface area contributed by atoms with E-state index in [1.807, 2.05) is 11.3 Å². The Labute approximate surface area is 113 Å². The number of benzene rings is 2. The van der Waals surface area contributed by atoms with Gasteiger partial charge in [0.15, 0.2) is 0 Å². The van der Waals surface area contributed by atoms with Crippen LogP contribution < -0.4 is 10.4 Å². The Balaban J connectivity index is 2.20. The van der Waals surface area contributed by atoms with Crippen LogP contribution in [0.5, 0.6) is 0 Å². The Kier molecular flexibility index (Phi) is 2.84. The van der Waals surface area contributed by atoms with Crippen LogP contribution in [0, 0.1) is 0 Å². The molecule has 0 saturated heterocycles. The molecule has 1 heterocycles. The molecule has 1 aromatic heterocycles. The monoisotopic (exact) mass is 268 g/mol. The van der Waals surface area contributed by atoms with E-state index >= 15 is 0 Å². The van der Waals surface area contributed by atoms with Crippen molar-refractivity contribution in [2.45, 2.75) is 13.1 Å². The summed E-state index contributed by atoms with van der Waals surface area (Å²) in [6, 6.07) is 19.7. The molecule has 0 saturated carbocycles. The van der Waals surface area contributed by atoms with Crippen molar-refractivity contribution in [2.75, 3.05) is 0 Å². The minimum atomic E-state index is -1.56. The molecular formula is C16H16SSi. The van der Waals surface area contributed by atoms with Crippen molar-refractivity contribution in [3.8, 4) is 0 Å². The Morgan fingerprint density at radius 2 is 1.50 bits per heavy atom. The van der Waals surface area contributed by atoms with Gasteiger partial charge in [0.1, 0.15) is 8.07 Å². The highest BCUT2D eigenvalue weighted by Crippen LogP contribution is 2.21. The van der Waals surface area contributed by atoms with Gasteiger partial charge < -0.3 is 0 Å². The summed E-state index contributed by atoms with van der Waals surface area (Å²) < 4.78 is 1.41. The quantitative estimate of drug-likeness (QED) is 0.621. The molecule has 0 aliphatic heterocycles. The molecule has 3 aromatic rings. The number of hydrogen-bond acceptors (Lipinski definition) is 1. The first kappa shape index (κ1) is 11.7. The van der Waals surface area contributed by atoms with Gasteiger partial charge in [-0.2, -0.15) is 0 Å². The second-order valence-electron chi connectivity index (χ2n) is 5.14. The van der Waals surface area contributed by atoms with Gasteiger partial charge in [0.2, 0.25) is 0 Å². The number of hydrogen-bond donors (Lipinski definition) is 0. The third-order valence-electron chi connectivity index (χ3n) is 3.65. The molecular weight excluding hydrogens is 252 g/mol. The number of thiophene rings is 1. The van der Waals surface area contributed by atoms with Crippen molar-refractivity contribution in [2.24, 2.45) is 0 Å². The molecule has 0 aliphatic rings. The van der Waals surface area contributed by atoms with Gasteiger partial charge >= 0.3 is 0 Å². The molecule has 0 nitrogen and oxygen atoms in total. The van der Waals surface area contributed by atoms with Crippen LogP contribution in [0.1, 0.15) is 0 Å². The zero-order valence-corrected chi connectivity index (χ0v) is 12.5. The fraction of sp³-hybridized carbons (Fsp3) is 0.125. The van der Waals surface area contributed by atoms with Crippen molar-refractivity contribution < 1.29 is 0 Å².